The molecule has 2 saturated heterocycles. The van der Waals surface area contributed by atoms with E-state index in [2.05, 4.69) is 25.2 Å². The van der Waals surface area contributed by atoms with Crippen LogP contribution >= 0.6 is 0 Å². The maximum atomic E-state index is 6.02. The fourth-order valence-corrected chi connectivity index (χ4v) is 3.49. The van der Waals surface area contributed by atoms with Gasteiger partial charge in [-0.15, -0.1) is 0 Å². The Balaban J connectivity index is 1.36. The molecule has 7 heteroatoms. The molecular weight excluding hydrogens is 330 g/mol. The summed E-state index contributed by atoms with van der Waals surface area (Å²) in [6, 6.07) is 4.35. The van der Waals surface area contributed by atoms with Crippen LogP contribution in [0.15, 0.2) is 36.9 Å². The number of rotatable bonds is 5. The molecule has 2 aromatic rings. The molecule has 4 heterocycles. The zero-order chi connectivity index (χ0) is 17.6. The van der Waals surface area contributed by atoms with Crippen LogP contribution in [-0.2, 0) is 16.0 Å². The molecule has 2 aliphatic heterocycles. The zero-order valence-electron chi connectivity index (χ0n) is 14.9. The van der Waals surface area contributed by atoms with Crippen molar-refractivity contribution < 1.29 is 9.47 Å². The number of nitrogens with zero attached hydrogens (tertiary/aromatic N) is 4. The van der Waals surface area contributed by atoms with Crippen molar-refractivity contribution in [1.29, 1.82) is 0 Å². The lowest BCUT2D eigenvalue weighted by Gasteiger charge is -2.33. The molecule has 0 unspecified atom stereocenters. The van der Waals surface area contributed by atoms with E-state index in [1.807, 2.05) is 36.9 Å². The van der Waals surface area contributed by atoms with Crippen molar-refractivity contribution in [1.82, 2.24) is 20.3 Å². The van der Waals surface area contributed by atoms with Crippen LogP contribution < -0.4 is 10.2 Å². The van der Waals surface area contributed by atoms with Crippen molar-refractivity contribution >= 4 is 5.95 Å². The molecule has 1 N–H and O–H groups in total. The van der Waals surface area contributed by atoms with E-state index < -0.39 is 0 Å². The molecule has 0 saturated carbocycles. The summed E-state index contributed by atoms with van der Waals surface area (Å²) in [5.74, 6) is 0.785. The number of nitrogens with one attached hydrogen (secondary N) is 1. The van der Waals surface area contributed by atoms with Gasteiger partial charge in [0.25, 0.3) is 0 Å². The first-order chi connectivity index (χ1) is 12.9. The molecule has 2 aliphatic rings. The van der Waals surface area contributed by atoms with Gasteiger partial charge in [0.05, 0.1) is 19.3 Å². The SMILES string of the molecule is c1cc([C@H]2OCCC[C@@H]2NCc2cnc(N3CCOCC3)nc2)ccn1. The number of anilines is 1. The third kappa shape index (κ3) is 4.17. The first-order valence-electron chi connectivity index (χ1n) is 9.29. The summed E-state index contributed by atoms with van der Waals surface area (Å²) < 4.78 is 11.4. The van der Waals surface area contributed by atoms with Gasteiger partial charge in [0.1, 0.15) is 0 Å². The van der Waals surface area contributed by atoms with Gasteiger partial charge in [-0.2, -0.15) is 0 Å². The van der Waals surface area contributed by atoms with Crippen molar-refractivity contribution in [3.8, 4) is 0 Å². The highest BCUT2D eigenvalue weighted by Gasteiger charge is 2.27. The Hall–Kier alpha value is -2.09. The van der Waals surface area contributed by atoms with E-state index in [1.54, 1.807) is 0 Å². The zero-order valence-corrected chi connectivity index (χ0v) is 14.9. The van der Waals surface area contributed by atoms with E-state index in [0.717, 1.165) is 63.8 Å². The lowest BCUT2D eigenvalue weighted by Crippen LogP contribution is -2.39. The summed E-state index contributed by atoms with van der Waals surface area (Å²) in [6.45, 7) is 4.73. The fourth-order valence-electron chi connectivity index (χ4n) is 3.49. The number of pyridine rings is 1. The normalized spacial score (nSPS) is 23.8. The van der Waals surface area contributed by atoms with E-state index in [4.69, 9.17) is 9.47 Å². The number of morpholine rings is 1. The Morgan fingerprint density at radius 2 is 1.85 bits per heavy atom. The van der Waals surface area contributed by atoms with E-state index in [0.29, 0.717) is 0 Å². The quantitative estimate of drug-likeness (QED) is 0.875. The molecule has 4 rings (SSSR count). The molecule has 138 valence electrons. The van der Waals surface area contributed by atoms with E-state index in [9.17, 15) is 0 Å². The van der Waals surface area contributed by atoms with Gasteiger partial charge in [0.2, 0.25) is 5.95 Å². The monoisotopic (exact) mass is 355 g/mol. The molecule has 0 bridgehead atoms. The van der Waals surface area contributed by atoms with Crippen LogP contribution in [0.5, 0.6) is 0 Å². The van der Waals surface area contributed by atoms with Gasteiger partial charge in [-0.25, -0.2) is 9.97 Å². The average Bonchev–Trinajstić information content (AvgIpc) is 2.74. The summed E-state index contributed by atoms with van der Waals surface area (Å²) in [7, 11) is 0. The minimum Gasteiger partial charge on any atom is -0.378 e. The maximum Gasteiger partial charge on any atom is 0.225 e. The summed E-state index contributed by atoms with van der Waals surface area (Å²) in [5, 5.41) is 3.63. The lowest BCUT2D eigenvalue weighted by atomic mass is 9.96. The van der Waals surface area contributed by atoms with E-state index in [-0.39, 0.29) is 12.1 Å². The summed E-state index contributed by atoms with van der Waals surface area (Å²) in [5.41, 5.74) is 2.26. The molecule has 7 nitrogen and oxygen atoms in total. The summed E-state index contributed by atoms with van der Waals surface area (Å²) in [6.07, 6.45) is 9.71. The van der Waals surface area contributed by atoms with Crippen LogP contribution in [0.1, 0.15) is 30.1 Å². The lowest BCUT2D eigenvalue weighted by molar-refractivity contribution is -0.0112. The van der Waals surface area contributed by atoms with Crippen molar-refractivity contribution in [2.45, 2.75) is 31.5 Å². The third-order valence-electron chi connectivity index (χ3n) is 4.91. The molecular formula is C19H25N5O2. The molecule has 0 aliphatic carbocycles. The molecule has 2 fully saturated rings. The van der Waals surface area contributed by atoms with Gasteiger partial charge in [0.15, 0.2) is 0 Å². The van der Waals surface area contributed by atoms with Crippen LogP contribution in [0.4, 0.5) is 5.95 Å². The topological polar surface area (TPSA) is 72.4 Å². The highest BCUT2D eigenvalue weighted by atomic mass is 16.5. The number of hydrogen-bond donors (Lipinski definition) is 1. The second-order valence-corrected chi connectivity index (χ2v) is 6.69. The average molecular weight is 355 g/mol. The molecule has 0 spiro atoms. The number of hydrogen-bond acceptors (Lipinski definition) is 7. The van der Waals surface area contributed by atoms with Gasteiger partial charge >= 0.3 is 0 Å². The minimum absolute atomic E-state index is 0.0697. The Morgan fingerprint density at radius 3 is 2.62 bits per heavy atom. The first-order valence-corrected chi connectivity index (χ1v) is 9.29. The van der Waals surface area contributed by atoms with Gasteiger partial charge in [-0.1, -0.05) is 0 Å². The molecule has 26 heavy (non-hydrogen) atoms. The Morgan fingerprint density at radius 1 is 1.08 bits per heavy atom. The fraction of sp³-hybridized carbons (Fsp3) is 0.526. The molecule has 2 atom stereocenters. The summed E-state index contributed by atoms with van der Waals surface area (Å²) in [4.78, 5) is 15.3. The highest BCUT2D eigenvalue weighted by Crippen LogP contribution is 2.28. The third-order valence-corrected chi connectivity index (χ3v) is 4.91. The largest absolute Gasteiger partial charge is 0.378 e. The van der Waals surface area contributed by atoms with Gasteiger partial charge in [0, 0.05) is 62.6 Å². The highest BCUT2D eigenvalue weighted by molar-refractivity contribution is 5.30. The van der Waals surface area contributed by atoms with Crippen molar-refractivity contribution in [3.05, 3.63) is 48.0 Å². The van der Waals surface area contributed by atoms with Gasteiger partial charge < -0.3 is 19.7 Å². The smallest absolute Gasteiger partial charge is 0.225 e. The molecule has 2 aromatic heterocycles. The first kappa shape index (κ1) is 17.3. The van der Waals surface area contributed by atoms with Gasteiger partial charge in [-0.05, 0) is 30.5 Å². The number of ether oxygens (including phenoxy) is 2. The van der Waals surface area contributed by atoms with Crippen LogP contribution in [-0.4, -0.2) is 53.9 Å². The van der Waals surface area contributed by atoms with Crippen LogP contribution in [0.2, 0.25) is 0 Å². The van der Waals surface area contributed by atoms with Crippen molar-refractivity contribution in [3.63, 3.8) is 0 Å². The summed E-state index contributed by atoms with van der Waals surface area (Å²) >= 11 is 0. The number of aromatic nitrogens is 3. The van der Waals surface area contributed by atoms with Crippen LogP contribution in [0.25, 0.3) is 0 Å². The van der Waals surface area contributed by atoms with Crippen LogP contribution in [0.3, 0.4) is 0 Å². The van der Waals surface area contributed by atoms with Gasteiger partial charge in [-0.3, -0.25) is 4.98 Å². The Labute approximate surface area is 153 Å². The van der Waals surface area contributed by atoms with Crippen molar-refractivity contribution in [2.24, 2.45) is 0 Å². The standard InChI is InChI=1S/C19H25N5O2/c1-2-17(18(26-9-1)16-3-5-20-6-4-16)21-12-15-13-22-19(23-14-15)24-7-10-25-11-8-24/h3-6,13-14,17-18,21H,1-2,7-12H2/t17-,18+/m0/s1. The molecule has 0 aromatic carbocycles. The Kier molecular flexibility index (Phi) is 5.68. The van der Waals surface area contributed by atoms with E-state index in [1.165, 1.54) is 5.56 Å². The second kappa shape index (κ2) is 8.53. The van der Waals surface area contributed by atoms with Crippen LogP contribution in [0, 0.1) is 0 Å². The molecule has 0 amide bonds. The van der Waals surface area contributed by atoms with E-state index >= 15 is 0 Å². The predicted octanol–water partition coefficient (Wildman–Crippen LogP) is 1.72. The second-order valence-electron chi connectivity index (χ2n) is 6.69. The predicted molar refractivity (Wildman–Crippen MR) is 97.9 cm³/mol. The Bertz CT molecular complexity index is 676. The van der Waals surface area contributed by atoms with Crippen molar-refractivity contribution in [2.75, 3.05) is 37.8 Å². The minimum atomic E-state index is 0.0697. The maximum absolute atomic E-state index is 6.02. The molecule has 0 radical (unpaired) electrons.